The van der Waals surface area contributed by atoms with Crippen molar-refractivity contribution in [3.63, 3.8) is 0 Å². The zero-order chi connectivity index (χ0) is 21.0. The molecule has 10 heteroatoms. The number of hydrogen-bond acceptors (Lipinski definition) is 8. The predicted octanol–water partition coefficient (Wildman–Crippen LogP) is 2.51. The Kier molecular flexibility index (Phi) is 5.54. The Hall–Kier alpha value is -4.21. The molecule has 148 valence electrons. The van der Waals surface area contributed by atoms with Crippen molar-refractivity contribution in [3.05, 3.63) is 74.6 Å². The zero-order valence-corrected chi connectivity index (χ0v) is 15.0. The van der Waals surface area contributed by atoms with Crippen molar-refractivity contribution in [3.8, 4) is 5.75 Å². The minimum atomic E-state index is -1.04. The highest BCUT2D eigenvalue weighted by atomic mass is 16.6. The summed E-state index contributed by atoms with van der Waals surface area (Å²) < 4.78 is 15.1. The third-order valence-electron chi connectivity index (χ3n) is 3.84. The van der Waals surface area contributed by atoms with E-state index < -0.39 is 29.0 Å². The maximum absolute atomic E-state index is 12.2. The molecular weight excluding hydrogens is 384 g/mol. The van der Waals surface area contributed by atoms with Gasteiger partial charge in [-0.05, 0) is 18.2 Å². The van der Waals surface area contributed by atoms with E-state index in [0.29, 0.717) is 11.1 Å². The van der Waals surface area contributed by atoms with Crippen LogP contribution < -0.4 is 15.7 Å². The number of methoxy groups -OCH3 is 1. The van der Waals surface area contributed by atoms with E-state index in [1.807, 2.05) is 0 Å². The molecule has 0 fully saturated rings. The van der Waals surface area contributed by atoms with Gasteiger partial charge >= 0.3 is 11.6 Å². The van der Waals surface area contributed by atoms with E-state index in [2.05, 4.69) is 5.32 Å². The van der Waals surface area contributed by atoms with Crippen LogP contribution in [0.4, 0.5) is 11.4 Å². The standard InChI is InChI=1S/C19H14N2O8/c1-27-15-7-2-4-11-8-14(19(24)29-17(11)15)18(23)28-10-16(22)20-12-5-3-6-13(9-12)21(25)26/h2-9H,10H2,1H3,(H,20,22). The number of hydrogen-bond donors (Lipinski definition) is 1. The van der Waals surface area contributed by atoms with Gasteiger partial charge in [-0.3, -0.25) is 14.9 Å². The maximum atomic E-state index is 12.2. The molecule has 3 aromatic rings. The second kappa shape index (κ2) is 8.21. The first-order valence-electron chi connectivity index (χ1n) is 8.21. The van der Waals surface area contributed by atoms with Gasteiger partial charge in [-0.2, -0.15) is 0 Å². The third-order valence-corrected chi connectivity index (χ3v) is 3.84. The lowest BCUT2D eigenvalue weighted by Crippen LogP contribution is -2.23. The fourth-order valence-electron chi connectivity index (χ4n) is 2.52. The average molecular weight is 398 g/mol. The number of nitrogens with one attached hydrogen (secondary N) is 1. The van der Waals surface area contributed by atoms with Crippen molar-refractivity contribution in [2.45, 2.75) is 0 Å². The van der Waals surface area contributed by atoms with Crippen LogP contribution in [0.3, 0.4) is 0 Å². The molecule has 0 bridgehead atoms. The van der Waals surface area contributed by atoms with Gasteiger partial charge in [-0.1, -0.05) is 18.2 Å². The number of esters is 1. The molecular formula is C19H14N2O8. The van der Waals surface area contributed by atoms with E-state index in [1.165, 1.54) is 31.4 Å². The Morgan fingerprint density at radius 3 is 2.66 bits per heavy atom. The largest absolute Gasteiger partial charge is 0.493 e. The number of fused-ring (bicyclic) bond motifs is 1. The first-order valence-corrected chi connectivity index (χ1v) is 8.21. The minimum Gasteiger partial charge on any atom is -0.493 e. The lowest BCUT2D eigenvalue weighted by atomic mass is 10.2. The normalized spacial score (nSPS) is 10.4. The molecule has 2 aromatic carbocycles. The van der Waals surface area contributed by atoms with Gasteiger partial charge in [0, 0.05) is 23.2 Å². The summed E-state index contributed by atoms with van der Waals surface area (Å²) in [6, 6.07) is 11.4. The van der Waals surface area contributed by atoms with Crippen LogP contribution in [0, 0.1) is 10.1 Å². The fraction of sp³-hybridized carbons (Fsp3) is 0.105. The molecule has 1 N–H and O–H groups in total. The highest BCUT2D eigenvalue weighted by Gasteiger charge is 2.18. The van der Waals surface area contributed by atoms with Gasteiger partial charge in [0.25, 0.3) is 11.6 Å². The number of non-ortho nitro benzene ring substituents is 1. The van der Waals surface area contributed by atoms with E-state index in [9.17, 15) is 24.5 Å². The number of amides is 1. The monoisotopic (exact) mass is 398 g/mol. The lowest BCUT2D eigenvalue weighted by Gasteiger charge is -2.07. The topological polar surface area (TPSA) is 138 Å². The van der Waals surface area contributed by atoms with Gasteiger partial charge in [-0.25, -0.2) is 9.59 Å². The van der Waals surface area contributed by atoms with Crippen molar-refractivity contribution in [2.24, 2.45) is 0 Å². The Morgan fingerprint density at radius 1 is 1.17 bits per heavy atom. The number of carbonyl (C=O) groups excluding carboxylic acids is 2. The quantitative estimate of drug-likeness (QED) is 0.289. The maximum Gasteiger partial charge on any atom is 0.351 e. The van der Waals surface area contributed by atoms with E-state index >= 15 is 0 Å². The van der Waals surface area contributed by atoms with Gasteiger partial charge in [0.2, 0.25) is 0 Å². The van der Waals surface area contributed by atoms with Crippen LogP contribution in [0.5, 0.6) is 5.75 Å². The molecule has 0 unspecified atom stereocenters. The summed E-state index contributed by atoms with van der Waals surface area (Å²) in [5.41, 5.74) is -1.18. The number of rotatable bonds is 6. The molecule has 10 nitrogen and oxygen atoms in total. The highest BCUT2D eigenvalue weighted by Crippen LogP contribution is 2.24. The molecule has 0 atom stereocenters. The molecule has 3 rings (SSSR count). The Balaban J connectivity index is 1.70. The van der Waals surface area contributed by atoms with E-state index in [4.69, 9.17) is 13.9 Å². The fourth-order valence-corrected chi connectivity index (χ4v) is 2.52. The Labute approximate surface area is 162 Å². The number of carbonyl (C=O) groups is 2. The second-order valence-corrected chi connectivity index (χ2v) is 5.76. The summed E-state index contributed by atoms with van der Waals surface area (Å²) in [6.07, 6.45) is 0. The second-order valence-electron chi connectivity index (χ2n) is 5.76. The van der Waals surface area contributed by atoms with E-state index in [1.54, 1.807) is 18.2 Å². The first-order chi connectivity index (χ1) is 13.9. The van der Waals surface area contributed by atoms with Crippen LogP contribution in [0.1, 0.15) is 10.4 Å². The predicted molar refractivity (Wildman–Crippen MR) is 101 cm³/mol. The summed E-state index contributed by atoms with van der Waals surface area (Å²) in [5, 5.41) is 13.6. The van der Waals surface area contributed by atoms with Gasteiger partial charge in [-0.15, -0.1) is 0 Å². The SMILES string of the molecule is COc1cccc2cc(C(=O)OCC(=O)Nc3cccc([N+](=O)[O-])c3)c(=O)oc12. The van der Waals surface area contributed by atoms with Gasteiger partial charge < -0.3 is 19.2 Å². The van der Waals surface area contributed by atoms with Crippen LogP contribution in [0.25, 0.3) is 11.0 Å². The Bertz CT molecular complexity index is 1170. The molecule has 0 spiro atoms. The third kappa shape index (κ3) is 4.38. The van der Waals surface area contributed by atoms with E-state index in [-0.39, 0.29) is 22.5 Å². The van der Waals surface area contributed by atoms with Crippen molar-refractivity contribution < 1.29 is 28.4 Å². The van der Waals surface area contributed by atoms with Gasteiger partial charge in [0.1, 0.15) is 5.56 Å². The number of benzene rings is 2. The van der Waals surface area contributed by atoms with Gasteiger partial charge in [0.05, 0.1) is 12.0 Å². The van der Waals surface area contributed by atoms with Crippen molar-refractivity contribution in [1.82, 2.24) is 0 Å². The number of nitro groups is 1. The molecule has 1 aromatic heterocycles. The van der Waals surface area contributed by atoms with Crippen LogP contribution in [0.2, 0.25) is 0 Å². The van der Waals surface area contributed by atoms with Crippen molar-refractivity contribution in [2.75, 3.05) is 19.0 Å². The van der Waals surface area contributed by atoms with Crippen molar-refractivity contribution >= 4 is 34.2 Å². The van der Waals surface area contributed by atoms with Crippen molar-refractivity contribution in [1.29, 1.82) is 0 Å². The Morgan fingerprint density at radius 2 is 1.93 bits per heavy atom. The molecule has 0 aliphatic rings. The summed E-state index contributed by atoms with van der Waals surface area (Å²) >= 11 is 0. The lowest BCUT2D eigenvalue weighted by molar-refractivity contribution is -0.384. The highest BCUT2D eigenvalue weighted by molar-refractivity contribution is 5.97. The number of nitrogens with zero attached hydrogens (tertiary/aromatic N) is 1. The van der Waals surface area contributed by atoms with Gasteiger partial charge in [0.15, 0.2) is 17.9 Å². The zero-order valence-electron chi connectivity index (χ0n) is 15.0. The summed E-state index contributed by atoms with van der Waals surface area (Å²) in [4.78, 5) is 46.4. The molecule has 0 aliphatic carbocycles. The summed E-state index contributed by atoms with van der Waals surface area (Å²) in [6.45, 7) is -0.697. The first kappa shape index (κ1) is 19.5. The summed E-state index contributed by atoms with van der Waals surface area (Å²) in [7, 11) is 1.41. The number of nitro benzene ring substituents is 1. The molecule has 0 saturated carbocycles. The minimum absolute atomic E-state index is 0.164. The summed E-state index contributed by atoms with van der Waals surface area (Å²) in [5.74, 6) is -1.45. The molecule has 1 heterocycles. The average Bonchev–Trinajstić information content (AvgIpc) is 2.71. The molecule has 29 heavy (non-hydrogen) atoms. The molecule has 0 saturated heterocycles. The van der Waals surface area contributed by atoms with Crippen LogP contribution in [-0.4, -0.2) is 30.5 Å². The van der Waals surface area contributed by atoms with E-state index in [0.717, 1.165) is 6.07 Å². The molecule has 0 aliphatic heterocycles. The van der Waals surface area contributed by atoms with Crippen LogP contribution >= 0.6 is 0 Å². The number of para-hydroxylation sites is 1. The molecule has 1 amide bonds. The van der Waals surface area contributed by atoms with Crippen LogP contribution in [0.15, 0.2) is 57.7 Å². The molecule has 0 radical (unpaired) electrons. The van der Waals surface area contributed by atoms with Crippen LogP contribution in [-0.2, 0) is 9.53 Å². The smallest absolute Gasteiger partial charge is 0.351 e. The number of anilines is 1. The number of ether oxygens (including phenoxy) is 2.